The van der Waals surface area contributed by atoms with Crippen molar-refractivity contribution < 1.29 is 9.53 Å². The number of nitrogens with one attached hydrogen (secondary N) is 2. The molecule has 0 bridgehead atoms. The highest BCUT2D eigenvalue weighted by Gasteiger charge is 2.19. The van der Waals surface area contributed by atoms with Gasteiger partial charge in [0.25, 0.3) is 0 Å². The maximum atomic E-state index is 11.0. The first-order valence-corrected chi connectivity index (χ1v) is 5.49. The van der Waals surface area contributed by atoms with Gasteiger partial charge in [-0.3, -0.25) is 0 Å². The molecule has 0 aliphatic carbocycles. The summed E-state index contributed by atoms with van der Waals surface area (Å²) < 4.78 is 5.78. The van der Waals surface area contributed by atoms with E-state index < -0.39 is 0 Å². The smallest absolute Gasteiger partial charge is 0.314 e. The zero-order valence-corrected chi connectivity index (χ0v) is 9.32. The Morgan fingerprint density at radius 2 is 2.31 bits per heavy atom. The van der Waals surface area contributed by atoms with Crippen molar-refractivity contribution >= 4 is 6.03 Å². The Morgan fingerprint density at radius 3 is 3.12 bits per heavy atom. The van der Waals surface area contributed by atoms with Gasteiger partial charge in [0.1, 0.15) is 11.9 Å². The van der Waals surface area contributed by atoms with E-state index in [2.05, 4.69) is 16.7 Å². The Balaban J connectivity index is 1.90. The second-order valence-electron chi connectivity index (χ2n) is 3.85. The topological polar surface area (TPSA) is 50.4 Å². The molecule has 2 amide bonds. The van der Waals surface area contributed by atoms with Gasteiger partial charge in [-0.1, -0.05) is 18.2 Å². The molecule has 0 aromatic heterocycles. The molecular weight excluding hydrogens is 204 g/mol. The zero-order chi connectivity index (χ0) is 11.4. The summed E-state index contributed by atoms with van der Waals surface area (Å²) in [4.78, 5) is 11.0. The van der Waals surface area contributed by atoms with E-state index in [0.717, 1.165) is 18.6 Å². The van der Waals surface area contributed by atoms with Crippen LogP contribution in [0.3, 0.4) is 0 Å². The number of ether oxygens (including phenoxy) is 1. The average molecular weight is 220 g/mol. The lowest BCUT2D eigenvalue weighted by Gasteiger charge is -2.26. The van der Waals surface area contributed by atoms with Crippen LogP contribution < -0.4 is 15.4 Å². The monoisotopic (exact) mass is 220 g/mol. The molecule has 1 aliphatic heterocycles. The highest BCUT2D eigenvalue weighted by Crippen LogP contribution is 2.26. The van der Waals surface area contributed by atoms with Crippen molar-refractivity contribution in [2.24, 2.45) is 0 Å². The summed E-state index contributed by atoms with van der Waals surface area (Å²) >= 11 is 0. The summed E-state index contributed by atoms with van der Waals surface area (Å²) in [6, 6.07) is 7.88. The molecule has 2 N–H and O–H groups in total. The van der Waals surface area contributed by atoms with Gasteiger partial charge in [-0.05, 0) is 24.5 Å². The van der Waals surface area contributed by atoms with Crippen molar-refractivity contribution in [3.63, 3.8) is 0 Å². The summed E-state index contributed by atoms with van der Waals surface area (Å²) in [6.07, 6.45) is 2.03. The molecule has 2 rings (SSSR count). The number of aryl methyl sites for hydroxylation is 1. The predicted octanol–water partition coefficient (Wildman–Crippen LogP) is 1.31. The number of carbonyl (C=O) groups excluding carboxylic acids is 1. The van der Waals surface area contributed by atoms with Crippen LogP contribution in [0.5, 0.6) is 5.75 Å². The fraction of sp³-hybridized carbons (Fsp3) is 0.417. The van der Waals surface area contributed by atoms with Crippen molar-refractivity contribution in [2.45, 2.75) is 18.9 Å². The lowest BCUT2D eigenvalue weighted by atomic mass is 10.0. The number of carbonyl (C=O) groups is 1. The normalized spacial score (nSPS) is 18.2. The number of para-hydroxylation sites is 1. The summed E-state index contributed by atoms with van der Waals surface area (Å²) in [5.74, 6) is 0.942. The molecule has 0 radical (unpaired) electrons. The van der Waals surface area contributed by atoms with Crippen molar-refractivity contribution in [1.29, 1.82) is 0 Å². The molecule has 4 heteroatoms. The van der Waals surface area contributed by atoms with Crippen LogP contribution in [-0.2, 0) is 6.42 Å². The van der Waals surface area contributed by atoms with Crippen LogP contribution in [0.2, 0.25) is 0 Å². The Labute approximate surface area is 95.0 Å². The van der Waals surface area contributed by atoms with Gasteiger partial charge in [-0.25, -0.2) is 4.79 Å². The van der Waals surface area contributed by atoms with Gasteiger partial charge >= 0.3 is 6.03 Å². The molecule has 0 spiro atoms. The minimum absolute atomic E-state index is 0.0761. The van der Waals surface area contributed by atoms with Gasteiger partial charge < -0.3 is 15.4 Å². The molecule has 0 saturated carbocycles. The molecule has 1 aromatic rings. The number of rotatable bonds is 2. The third-order valence-corrected chi connectivity index (χ3v) is 2.72. The Morgan fingerprint density at radius 1 is 1.50 bits per heavy atom. The summed E-state index contributed by atoms with van der Waals surface area (Å²) in [6.45, 7) is 0.550. The number of fused-ring (bicyclic) bond motifs is 1. The van der Waals surface area contributed by atoms with Crippen molar-refractivity contribution in [1.82, 2.24) is 10.6 Å². The number of urea groups is 1. The number of amides is 2. The maximum absolute atomic E-state index is 11.0. The lowest BCUT2D eigenvalue weighted by molar-refractivity contribution is 0.170. The number of hydrogen-bond donors (Lipinski definition) is 2. The van der Waals surface area contributed by atoms with E-state index in [0.29, 0.717) is 6.54 Å². The van der Waals surface area contributed by atoms with Gasteiger partial charge in [-0.2, -0.15) is 0 Å². The van der Waals surface area contributed by atoms with E-state index in [1.807, 2.05) is 18.2 Å². The minimum atomic E-state index is -0.164. The maximum Gasteiger partial charge on any atom is 0.314 e. The molecule has 86 valence electrons. The van der Waals surface area contributed by atoms with Gasteiger partial charge in [0.05, 0.1) is 6.54 Å². The Kier molecular flexibility index (Phi) is 3.29. The Hall–Kier alpha value is -1.71. The van der Waals surface area contributed by atoms with Crippen molar-refractivity contribution in [3.05, 3.63) is 29.8 Å². The van der Waals surface area contributed by atoms with Gasteiger partial charge in [0.15, 0.2) is 0 Å². The lowest BCUT2D eigenvalue weighted by Crippen LogP contribution is -2.41. The minimum Gasteiger partial charge on any atom is -0.488 e. The van der Waals surface area contributed by atoms with E-state index in [9.17, 15) is 4.79 Å². The molecular formula is C12H16N2O2. The summed E-state index contributed by atoms with van der Waals surface area (Å²) in [5, 5.41) is 5.28. The highest BCUT2D eigenvalue weighted by atomic mass is 16.5. The average Bonchev–Trinajstić information content (AvgIpc) is 2.35. The number of benzene rings is 1. The van der Waals surface area contributed by atoms with Crippen molar-refractivity contribution in [3.8, 4) is 5.75 Å². The van der Waals surface area contributed by atoms with E-state index in [4.69, 9.17) is 4.74 Å². The van der Waals surface area contributed by atoms with Crippen LogP contribution in [0.4, 0.5) is 4.79 Å². The van der Waals surface area contributed by atoms with Crippen LogP contribution >= 0.6 is 0 Å². The third-order valence-electron chi connectivity index (χ3n) is 2.72. The molecule has 1 atom stereocenters. The van der Waals surface area contributed by atoms with Crippen LogP contribution in [0.25, 0.3) is 0 Å². The predicted molar refractivity (Wildman–Crippen MR) is 61.6 cm³/mol. The van der Waals surface area contributed by atoms with Crippen LogP contribution in [0.1, 0.15) is 12.0 Å². The molecule has 1 aliphatic rings. The van der Waals surface area contributed by atoms with E-state index in [1.54, 1.807) is 7.05 Å². The quantitative estimate of drug-likeness (QED) is 0.789. The summed E-state index contributed by atoms with van der Waals surface area (Å²) in [7, 11) is 1.60. The zero-order valence-electron chi connectivity index (χ0n) is 9.32. The Bertz CT molecular complexity index is 379. The molecule has 16 heavy (non-hydrogen) atoms. The third kappa shape index (κ3) is 2.45. The molecule has 1 unspecified atom stereocenters. The van der Waals surface area contributed by atoms with Crippen LogP contribution in [0, 0.1) is 0 Å². The standard InChI is InChI=1S/C12H16N2O2/c1-13-12(15)14-8-10-7-6-9-4-2-3-5-11(9)16-10/h2-5,10H,6-8H2,1H3,(H2,13,14,15). The van der Waals surface area contributed by atoms with E-state index >= 15 is 0 Å². The van der Waals surface area contributed by atoms with Crippen LogP contribution in [-0.4, -0.2) is 25.7 Å². The second kappa shape index (κ2) is 4.88. The van der Waals surface area contributed by atoms with Gasteiger partial charge in [0.2, 0.25) is 0 Å². The van der Waals surface area contributed by atoms with Gasteiger partial charge in [-0.15, -0.1) is 0 Å². The molecule has 1 heterocycles. The summed E-state index contributed by atoms with van der Waals surface area (Å²) in [5.41, 5.74) is 1.25. The molecule has 1 aromatic carbocycles. The highest BCUT2D eigenvalue weighted by molar-refractivity contribution is 5.73. The molecule has 0 fully saturated rings. The molecule has 0 saturated heterocycles. The van der Waals surface area contributed by atoms with Gasteiger partial charge in [0, 0.05) is 7.05 Å². The largest absolute Gasteiger partial charge is 0.488 e. The SMILES string of the molecule is CNC(=O)NCC1CCc2ccccc2O1. The first-order valence-electron chi connectivity index (χ1n) is 5.49. The molecule has 4 nitrogen and oxygen atoms in total. The second-order valence-corrected chi connectivity index (χ2v) is 3.85. The number of hydrogen-bond acceptors (Lipinski definition) is 2. The first-order chi connectivity index (χ1) is 7.79. The van der Waals surface area contributed by atoms with Crippen LogP contribution in [0.15, 0.2) is 24.3 Å². The van der Waals surface area contributed by atoms with E-state index in [1.165, 1.54) is 5.56 Å². The van der Waals surface area contributed by atoms with E-state index in [-0.39, 0.29) is 12.1 Å². The first kappa shape index (κ1) is 10.8. The fourth-order valence-corrected chi connectivity index (χ4v) is 1.82. The fourth-order valence-electron chi connectivity index (χ4n) is 1.82. The van der Waals surface area contributed by atoms with Crippen molar-refractivity contribution in [2.75, 3.05) is 13.6 Å².